The molecule has 2 aromatic heterocycles. The first-order chi connectivity index (χ1) is 12.0. The number of nitrogens with zero attached hydrogens (tertiary/aromatic N) is 2. The summed E-state index contributed by atoms with van der Waals surface area (Å²) >= 11 is 0. The first-order valence-electron chi connectivity index (χ1n) is 8.08. The molecule has 0 saturated heterocycles. The number of amides is 1. The van der Waals surface area contributed by atoms with Gasteiger partial charge in [0.2, 0.25) is 0 Å². The van der Waals surface area contributed by atoms with Gasteiger partial charge in [0, 0.05) is 18.1 Å². The molecule has 0 saturated carbocycles. The summed E-state index contributed by atoms with van der Waals surface area (Å²) in [5.74, 6) is -0.398. The second-order valence-electron chi connectivity index (χ2n) is 5.98. The molecule has 0 spiro atoms. The zero-order chi connectivity index (χ0) is 17.8. The van der Waals surface area contributed by atoms with Crippen LogP contribution in [0.25, 0.3) is 0 Å². The maximum absolute atomic E-state index is 12.7. The van der Waals surface area contributed by atoms with Gasteiger partial charge in [0.05, 0.1) is 12.6 Å². The van der Waals surface area contributed by atoms with Gasteiger partial charge in [0.15, 0.2) is 0 Å². The molecule has 25 heavy (non-hydrogen) atoms. The molecule has 6 heteroatoms. The van der Waals surface area contributed by atoms with Crippen LogP contribution in [0.5, 0.6) is 0 Å². The third-order valence-electron chi connectivity index (χ3n) is 4.18. The van der Waals surface area contributed by atoms with Crippen LogP contribution in [-0.4, -0.2) is 20.7 Å². The van der Waals surface area contributed by atoms with E-state index >= 15 is 0 Å². The van der Waals surface area contributed by atoms with Crippen molar-refractivity contribution in [1.29, 1.82) is 0 Å². The number of aromatic amines is 1. The molecule has 0 unspecified atom stereocenters. The van der Waals surface area contributed by atoms with E-state index in [0.29, 0.717) is 6.54 Å². The Labute approximate surface area is 145 Å². The van der Waals surface area contributed by atoms with Crippen molar-refractivity contribution in [3.05, 3.63) is 87.6 Å². The fourth-order valence-corrected chi connectivity index (χ4v) is 2.65. The molecule has 3 aromatic rings. The van der Waals surface area contributed by atoms with Crippen molar-refractivity contribution in [3.8, 4) is 0 Å². The van der Waals surface area contributed by atoms with Gasteiger partial charge in [-0.1, -0.05) is 30.3 Å². The Balaban J connectivity index is 1.88. The summed E-state index contributed by atoms with van der Waals surface area (Å²) in [6, 6.07) is 12.8. The van der Waals surface area contributed by atoms with Gasteiger partial charge >= 0.3 is 0 Å². The number of pyridine rings is 1. The summed E-state index contributed by atoms with van der Waals surface area (Å²) in [6.45, 7) is 4.15. The van der Waals surface area contributed by atoms with E-state index in [-0.39, 0.29) is 17.2 Å². The van der Waals surface area contributed by atoms with Crippen LogP contribution in [0.4, 0.5) is 0 Å². The zero-order valence-electron chi connectivity index (χ0n) is 14.2. The van der Waals surface area contributed by atoms with Crippen molar-refractivity contribution in [2.24, 2.45) is 0 Å². The first kappa shape index (κ1) is 16.7. The highest BCUT2D eigenvalue weighted by Crippen LogP contribution is 2.15. The maximum Gasteiger partial charge on any atom is 0.261 e. The van der Waals surface area contributed by atoms with Crippen LogP contribution in [0.1, 0.15) is 33.2 Å². The van der Waals surface area contributed by atoms with Gasteiger partial charge in [-0.25, -0.2) is 0 Å². The van der Waals surface area contributed by atoms with Gasteiger partial charge in [-0.3, -0.25) is 14.3 Å². The van der Waals surface area contributed by atoms with Crippen molar-refractivity contribution in [2.75, 3.05) is 0 Å². The summed E-state index contributed by atoms with van der Waals surface area (Å²) in [6.07, 6.45) is 3.53. The minimum absolute atomic E-state index is 0.115. The van der Waals surface area contributed by atoms with Crippen molar-refractivity contribution < 1.29 is 4.79 Å². The number of rotatable bonds is 5. The van der Waals surface area contributed by atoms with Crippen LogP contribution in [-0.2, 0) is 6.54 Å². The molecular weight excluding hydrogens is 316 g/mol. The standard InChI is InChI=1S/C19H20N4O2/c1-13-11-16(18(24)21-14(13)2)19(25)22-17(12-23-10-6-9-20-23)15-7-4-3-5-8-15/h3-11,17H,12H2,1-2H3,(H,21,24)(H,22,25)/t17-/m1/s1. The van der Waals surface area contributed by atoms with Crippen molar-refractivity contribution in [2.45, 2.75) is 26.4 Å². The molecule has 128 valence electrons. The number of aromatic nitrogens is 3. The van der Waals surface area contributed by atoms with Crippen LogP contribution >= 0.6 is 0 Å². The smallest absolute Gasteiger partial charge is 0.261 e. The lowest BCUT2D eigenvalue weighted by atomic mass is 10.1. The highest BCUT2D eigenvalue weighted by molar-refractivity contribution is 5.94. The topological polar surface area (TPSA) is 79.8 Å². The Bertz CT molecular complexity index is 914. The summed E-state index contributed by atoms with van der Waals surface area (Å²) in [5.41, 5.74) is 2.31. The van der Waals surface area contributed by atoms with Gasteiger partial charge < -0.3 is 10.3 Å². The minimum atomic E-state index is -0.398. The highest BCUT2D eigenvalue weighted by atomic mass is 16.2. The van der Waals surface area contributed by atoms with E-state index in [0.717, 1.165) is 16.8 Å². The average molecular weight is 336 g/mol. The Kier molecular flexibility index (Phi) is 4.79. The summed E-state index contributed by atoms with van der Waals surface area (Å²) in [7, 11) is 0. The molecule has 0 aliphatic heterocycles. The SMILES string of the molecule is Cc1cc(C(=O)N[C@H](Cn2cccn2)c2ccccc2)c(=O)[nH]c1C. The van der Waals surface area contributed by atoms with E-state index in [2.05, 4.69) is 15.4 Å². The monoisotopic (exact) mass is 336 g/mol. The number of aryl methyl sites for hydroxylation is 2. The molecule has 1 atom stereocenters. The van der Waals surface area contributed by atoms with E-state index in [1.807, 2.05) is 56.4 Å². The maximum atomic E-state index is 12.7. The molecule has 0 radical (unpaired) electrons. The Morgan fingerprint density at radius 1 is 1.24 bits per heavy atom. The molecule has 3 rings (SSSR count). The van der Waals surface area contributed by atoms with Crippen LogP contribution in [0.3, 0.4) is 0 Å². The Morgan fingerprint density at radius 2 is 2.00 bits per heavy atom. The third-order valence-corrected chi connectivity index (χ3v) is 4.18. The fourth-order valence-electron chi connectivity index (χ4n) is 2.65. The Morgan fingerprint density at radius 3 is 2.68 bits per heavy atom. The van der Waals surface area contributed by atoms with Gasteiger partial charge in [0.1, 0.15) is 5.56 Å². The second-order valence-corrected chi connectivity index (χ2v) is 5.98. The van der Waals surface area contributed by atoms with Gasteiger partial charge in [0.25, 0.3) is 11.5 Å². The number of benzene rings is 1. The number of hydrogen-bond acceptors (Lipinski definition) is 3. The highest BCUT2D eigenvalue weighted by Gasteiger charge is 2.19. The predicted octanol–water partition coefficient (Wildman–Crippen LogP) is 2.36. The number of carbonyl (C=O) groups excluding carboxylic acids is 1. The largest absolute Gasteiger partial charge is 0.343 e. The predicted molar refractivity (Wildman–Crippen MR) is 95.4 cm³/mol. The number of carbonyl (C=O) groups is 1. The normalized spacial score (nSPS) is 11.9. The average Bonchev–Trinajstić information content (AvgIpc) is 3.11. The fraction of sp³-hybridized carbons (Fsp3) is 0.211. The van der Waals surface area contributed by atoms with Crippen LogP contribution < -0.4 is 10.9 Å². The molecule has 2 heterocycles. The zero-order valence-corrected chi connectivity index (χ0v) is 14.2. The number of hydrogen-bond donors (Lipinski definition) is 2. The summed E-state index contributed by atoms with van der Waals surface area (Å²) in [4.78, 5) is 27.5. The number of nitrogens with one attached hydrogen (secondary N) is 2. The van der Waals surface area contributed by atoms with Crippen LogP contribution in [0, 0.1) is 13.8 Å². The number of H-pyrrole nitrogens is 1. The lowest BCUT2D eigenvalue weighted by molar-refractivity contribution is 0.0930. The van der Waals surface area contributed by atoms with Gasteiger partial charge in [-0.15, -0.1) is 0 Å². The second kappa shape index (κ2) is 7.17. The molecule has 2 N–H and O–H groups in total. The molecule has 1 aromatic carbocycles. The van der Waals surface area contributed by atoms with E-state index in [1.54, 1.807) is 16.9 Å². The summed E-state index contributed by atoms with van der Waals surface area (Å²) in [5, 5.41) is 7.16. The molecule has 1 amide bonds. The van der Waals surface area contributed by atoms with Crippen molar-refractivity contribution >= 4 is 5.91 Å². The van der Waals surface area contributed by atoms with E-state index in [1.165, 1.54) is 0 Å². The van der Waals surface area contributed by atoms with E-state index in [4.69, 9.17) is 0 Å². The van der Waals surface area contributed by atoms with Crippen LogP contribution in [0.15, 0.2) is 59.7 Å². The molecule has 0 aliphatic carbocycles. The van der Waals surface area contributed by atoms with E-state index < -0.39 is 5.91 Å². The van der Waals surface area contributed by atoms with E-state index in [9.17, 15) is 9.59 Å². The Hall–Kier alpha value is -3.15. The van der Waals surface area contributed by atoms with Crippen molar-refractivity contribution in [1.82, 2.24) is 20.1 Å². The third kappa shape index (κ3) is 3.85. The lowest BCUT2D eigenvalue weighted by Gasteiger charge is -2.19. The lowest BCUT2D eigenvalue weighted by Crippen LogP contribution is -2.35. The molecule has 6 nitrogen and oxygen atoms in total. The van der Waals surface area contributed by atoms with Crippen LogP contribution in [0.2, 0.25) is 0 Å². The van der Waals surface area contributed by atoms with Gasteiger partial charge in [-0.05, 0) is 37.1 Å². The minimum Gasteiger partial charge on any atom is -0.343 e. The van der Waals surface area contributed by atoms with Gasteiger partial charge in [-0.2, -0.15) is 5.10 Å². The summed E-state index contributed by atoms with van der Waals surface area (Å²) < 4.78 is 1.75. The molecule has 0 bridgehead atoms. The van der Waals surface area contributed by atoms with Crippen molar-refractivity contribution in [3.63, 3.8) is 0 Å². The molecule has 0 aliphatic rings. The molecular formula is C19H20N4O2. The quantitative estimate of drug-likeness (QED) is 0.750. The molecule has 0 fully saturated rings. The first-order valence-corrected chi connectivity index (χ1v) is 8.08.